The first kappa shape index (κ1) is 39.6. The molecule has 322 valence electrons. The molecule has 1 aliphatic carbocycles. The summed E-state index contributed by atoms with van der Waals surface area (Å²) in [5.74, 6) is 0. The van der Waals surface area contributed by atoms with Gasteiger partial charge in [0.05, 0.1) is 39.5 Å². The Hall–Kier alpha value is -8.73. The SMILES string of the molecule is C1=CC(C2C=C(c3cccc(-c4cc(-c5ccccc5)nc(-c5ccc(-n6c7ccccc7c7ccccc76)cc5)c4)c3)C=C(c3ccc(-n4c5ccccc5c5ccccc54)cc3)N2)=CCC1. The molecule has 3 aromatic heterocycles. The van der Waals surface area contributed by atoms with E-state index in [1.165, 1.54) is 60.3 Å². The van der Waals surface area contributed by atoms with Gasteiger partial charge in [-0.1, -0.05) is 164 Å². The number of dihydropyridines is 1. The maximum absolute atomic E-state index is 5.31. The van der Waals surface area contributed by atoms with Crippen LogP contribution in [0.2, 0.25) is 0 Å². The first-order valence-corrected chi connectivity index (χ1v) is 23.6. The molecule has 1 atom stereocenters. The van der Waals surface area contributed by atoms with E-state index in [-0.39, 0.29) is 6.04 Å². The third-order valence-corrected chi connectivity index (χ3v) is 13.8. The number of benzene rings is 8. The van der Waals surface area contributed by atoms with Gasteiger partial charge < -0.3 is 14.5 Å². The molecule has 0 saturated heterocycles. The van der Waals surface area contributed by atoms with Crippen LogP contribution >= 0.6 is 0 Å². The summed E-state index contributed by atoms with van der Waals surface area (Å²) in [6, 6.07) is 76.7. The van der Waals surface area contributed by atoms with Gasteiger partial charge in [-0.3, -0.25) is 0 Å². The predicted octanol–water partition coefficient (Wildman–Crippen LogP) is 15.9. The van der Waals surface area contributed by atoms with Crippen LogP contribution in [-0.2, 0) is 0 Å². The van der Waals surface area contributed by atoms with Crippen LogP contribution in [0.15, 0.2) is 248 Å². The van der Waals surface area contributed by atoms with Crippen molar-refractivity contribution in [3.8, 4) is 45.0 Å². The number of rotatable bonds is 8. The van der Waals surface area contributed by atoms with E-state index < -0.39 is 0 Å². The van der Waals surface area contributed by atoms with Crippen molar-refractivity contribution in [2.75, 3.05) is 0 Å². The summed E-state index contributed by atoms with van der Waals surface area (Å²) in [6.07, 6.45) is 13.8. The van der Waals surface area contributed by atoms with Gasteiger partial charge in [0.25, 0.3) is 0 Å². The number of hydrogen-bond acceptors (Lipinski definition) is 2. The van der Waals surface area contributed by atoms with Gasteiger partial charge in [0.2, 0.25) is 0 Å². The molecule has 0 spiro atoms. The van der Waals surface area contributed by atoms with Crippen molar-refractivity contribution in [3.63, 3.8) is 0 Å². The third-order valence-electron chi connectivity index (χ3n) is 13.8. The minimum absolute atomic E-state index is 0.0323. The Morgan fingerprint density at radius 3 is 1.44 bits per heavy atom. The van der Waals surface area contributed by atoms with Crippen molar-refractivity contribution in [2.24, 2.45) is 0 Å². The largest absolute Gasteiger partial charge is 0.374 e. The lowest BCUT2D eigenvalue weighted by molar-refractivity contribution is 0.806. The normalized spacial score (nSPS) is 14.8. The van der Waals surface area contributed by atoms with E-state index >= 15 is 0 Å². The lowest BCUT2D eigenvalue weighted by Crippen LogP contribution is -2.30. The Labute approximate surface area is 395 Å². The minimum Gasteiger partial charge on any atom is -0.374 e. The number of para-hydroxylation sites is 4. The van der Waals surface area contributed by atoms with Crippen molar-refractivity contribution in [3.05, 3.63) is 259 Å². The van der Waals surface area contributed by atoms with Crippen LogP contribution in [0, 0.1) is 0 Å². The van der Waals surface area contributed by atoms with Gasteiger partial charge in [0.15, 0.2) is 0 Å². The molecule has 1 N–H and O–H groups in total. The average molecular weight is 871 g/mol. The third kappa shape index (κ3) is 6.97. The molecule has 11 aromatic rings. The number of nitrogens with zero attached hydrogens (tertiary/aromatic N) is 3. The Bertz CT molecular complexity index is 3750. The molecule has 0 fully saturated rings. The Kier molecular flexibility index (Phi) is 9.68. The van der Waals surface area contributed by atoms with Crippen molar-refractivity contribution < 1.29 is 0 Å². The zero-order chi connectivity index (χ0) is 45.0. The van der Waals surface area contributed by atoms with Crippen LogP contribution in [0.5, 0.6) is 0 Å². The van der Waals surface area contributed by atoms with Crippen LogP contribution in [0.4, 0.5) is 0 Å². The van der Waals surface area contributed by atoms with Gasteiger partial charge >= 0.3 is 0 Å². The molecule has 4 heteroatoms. The Morgan fingerprint density at radius 1 is 0.412 bits per heavy atom. The van der Waals surface area contributed by atoms with E-state index in [0.717, 1.165) is 69.1 Å². The number of nitrogens with one attached hydrogen (secondary N) is 1. The highest BCUT2D eigenvalue weighted by Crippen LogP contribution is 2.38. The van der Waals surface area contributed by atoms with Crippen LogP contribution < -0.4 is 5.32 Å². The van der Waals surface area contributed by atoms with Crippen molar-refractivity contribution in [1.29, 1.82) is 0 Å². The molecule has 0 radical (unpaired) electrons. The zero-order valence-corrected chi connectivity index (χ0v) is 37.4. The topological polar surface area (TPSA) is 34.8 Å². The monoisotopic (exact) mass is 870 g/mol. The number of allylic oxidation sites excluding steroid dienone is 4. The van der Waals surface area contributed by atoms with Crippen molar-refractivity contribution in [2.45, 2.75) is 18.9 Å². The smallest absolute Gasteiger partial charge is 0.0715 e. The van der Waals surface area contributed by atoms with E-state index in [9.17, 15) is 0 Å². The lowest BCUT2D eigenvalue weighted by atomic mass is 9.90. The highest BCUT2D eigenvalue weighted by Gasteiger charge is 2.21. The maximum atomic E-state index is 5.31. The van der Waals surface area contributed by atoms with Gasteiger partial charge in [-0.05, 0) is 125 Å². The Balaban J connectivity index is 0.878. The second-order valence-corrected chi connectivity index (χ2v) is 17.9. The molecule has 0 bridgehead atoms. The summed E-state index contributed by atoms with van der Waals surface area (Å²) < 4.78 is 4.74. The number of hydrogen-bond donors (Lipinski definition) is 1. The van der Waals surface area contributed by atoms with Crippen LogP contribution in [-0.4, -0.2) is 20.2 Å². The highest BCUT2D eigenvalue weighted by molar-refractivity contribution is 6.10. The Morgan fingerprint density at radius 2 is 0.897 bits per heavy atom. The molecule has 1 unspecified atom stereocenters. The molecule has 0 saturated carbocycles. The fourth-order valence-corrected chi connectivity index (χ4v) is 10.5. The van der Waals surface area contributed by atoms with Gasteiger partial charge in [-0.2, -0.15) is 0 Å². The molecular weight excluding hydrogens is 825 g/mol. The first-order valence-electron chi connectivity index (χ1n) is 23.6. The van der Waals surface area contributed by atoms with Crippen molar-refractivity contribution in [1.82, 2.24) is 19.4 Å². The fraction of sp³-hybridized carbons (Fsp3) is 0.0469. The van der Waals surface area contributed by atoms with Gasteiger partial charge in [0.1, 0.15) is 0 Å². The summed E-state index contributed by atoms with van der Waals surface area (Å²) in [5.41, 5.74) is 19.3. The van der Waals surface area contributed by atoms with Crippen LogP contribution in [0.1, 0.15) is 24.0 Å². The molecule has 4 heterocycles. The molecule has 0 amide bonds. The van der Waals surface area contributed by atoms with Crippen LogP contribution in [0.25, 0.3) is 99.9 Å². The van der Waals surface area contributed by atoms with Gasteiger partial charge in [-0.15, -0.1) is 0 Å². The quantitative estimate of drug-likeness (QED) is 0.165. The molecule has 8 aromatic carbocycles. The molecule has 68 heavy (non-hydrogen) atoms. The van der Waals surface area contributed by atoms with Crippen molar-refractivity contribution >= 4 is 54.9 Å². The maximum Gasteiger partial charge on any atom is 0.0715 e. The minimum atomic E-state index is 0.0323. The zero-order valence-electron chi connectivity index (χ0n) is 37.4. The summed E-state index contributed by atoms with van der Waals surface area (Å²) in [7, 11) is 0. The molecule has 1 aliphatic heterocycles. The van der Waals surface area contributed by atoms with Crippen LogP contribution in [0.3, 0.4) is 0 Å². The molecular formula is C64H46N4. The highest BCUT2D eigenvalue weighted by atomic mass is 15.0. The fourth-order valence-electron chi connectivity index (χ4n) is 10.5. The van der Waals surface area contributed by atoms with Gasteiger partial charge in [0, 0.05) is 49.7 Å². The van der Waals surface area contributed by atoms with E-state index in [1.54, 1.807) is 0 Å². The first-order chi connectivity index (χ1) is 33.7. The predicted molar refractivity (Wildman–Crippen MR) is 285 cm³/mol. The summed E-state index contributed by atoms with van der Waals surface area (Å²) in [4.78, 5) is 5.31. The van der Waals surface area contributed by atoms with E-state index in [0.29, 0.717) is 0 Å². The van der Waals surface area contributed by atoms with E-state index in [4.69, 9.17) is 4.98 Å². The lowest BCUT2D eigenvalue weighted by Gasteiger charge is -2.27. The summed E-state index contributed by atoms with van der Waals surface area (Å²) in [6.45, 7) is 0. The number of pyridine rings is 1. The average Bonchev–Trinajstić information content (AvgIpc) is 3.94. The number of aromatic nitrogens is 3. The van der Waals surface area contributed by atoms with E-state index in [1.807, 2.05) is 0 Å². The number of fused-ring (bicyclic) bond motifs is 6. The van der Waals surface area contributed by atoms with E-state index in [2.05, 4.69) is 257 Å². The summed E-state index contributed by atoms with van der Waals surface area (Å²) >= 11 is 0. The van der Waals surface area contributed by atoms with Gasteiger partial charge in [-0.25, -0.2) is 4.98 Å². The summed E-state index contributed by atoms with van der Waals surface area (Å²) in [5, 5.41) is 8.97. The second-order valence-electron chi connectivity index (χ2n) is 17.9. The molecule has 4 nitrogen and oxygen atoms in total. The standard InChI is InChI=1S/C64H46N4/c1-3-16-43(17-4-1)57-39-49(41-59(65-57)45-30-34-51(35-31-45)67-61-26-11-7-22-53(61)54-23-8-12-27-62(54)67)47-20-15-21-48(38-47)50-40-58(44-18-5-2-6-19-44)66-60(42-50)46-32-36-52(37-33-46)68-63-28-13-9-24-55(63)56-25-10-14-29-64(56)68/h1,3-5,7-42,58,66H,2,6H2. The second kappa shape index (κ2) is 16.6. The molecule has 2 aliphatic rings. The molecule has 13 rings (SSSR count).